The highest BCUT2D eigenvalue weighted by molar-refractivity contribution is 5.97. The molecule has 0 radical (unpaired) electrons. The van der Waals surface area contributed by atoms with E-state index in [2.05, 4.69) is 11.1 Å². The lowest BCUT2D eigenvalue weighted by Gasteiger charge is -2.08. The van der Waals surface area contributed by atoms with Gasteiger partial charge in [0.1, 0.15) is 29.8 Å². The largest absolute Gasteiger partial charge is 0.489 e. The molecule has 0 bridgehead atoms. The van der Waals surface area contributed by atoms with Gasteiger partial charge in [0.05, 0.1) is 6.54 Å². The molecular weight excluding hydrogens is 304 g/mol. The van der Waals surface area contributed by atoms with Crippen LogP contribution in [0.1, 0.15) is 21.5 Å². The Morgan fingerprint density at radius 3 is 2.83 bits per heavy atom. The van der Waals surface area contributed by atoms with Gasteiger partial charge in [0.15, 0.2) is 5.78 Å². The Morgan fingerprint density at radius 1 is 1.25 bits per heavy atom. The summed E-state index contributed by atoms with van der Waals surface area (Å²) in [7, 11) is 0. The van der Waals surface area contributed by atoms with Crippen LogP contribution in [0.15, 0.2) is 42.5 Å². The number of ether oxygens (including phenoxy) is 1. The predicted octanol–water partition coefficient (Wildman–Crippen LogP) is 2.34. The minimum atomic E-state index is -0.111. The molecule has 0 amide bonds. The van der Waals surface area contributed by atoms with Gasteiger partial charge in [0.2, 0.25) is 0 Å². The molecule has 0 saturated heterocycles. The standard InChI is InChI=1S/C18H16N4O2/c19-8-15-14-7-13(4-5-16(14)22-18(15)21)24-10-11-2-1-3-12(6-11)17(23)9-20/h1-7,22H,9-10,20-21H2. The van der Waals surface area contributed by atoms with E-state index in [1.54, 1.807) is 30.3 Å². The Kier molecular flexibility index (Phi) is 4.18. The molecule has 0 fully saturated rings. The molecule has 0 spiro atoms. The monoisotopic (exact) mass is 320 g/mol. The van der Waals surface area contributed by atoms with Crippen LogP contribution >= 0.6 is 0 Å². The summed E-state index contributed by atoms with van der Waals surface area (Å²) in [5, 5.41) is 9.90. The van der Waals surface area contributed by atoms with Crippen molar-refractivity contribution >= 4 is 22.5 Å². The van der Waals surface area contributed by atoms with Crippen molar-refractivity contribution in [1.29, 1.82) is 5.26 Å². The molecule has 1 aromatic heterocycles. The molecule has 0 atom stereocenters. The topological polar surface area (TPSA) is 118 Å². The van der Waals surface area contributed by atoms with Crippen LogP contribution < -0.4 is 16.2 Å². The Hall–Kier alpha value is -3.30. The van der Waals surface area contributed by atoms with E-state index in [0.717, 1.165) is 16.5 Å². The number of rotatable bonds is 5. The van der Waals surface area contributed by atoms with Gasteiger partial charge >= 0.3 is 0 Å². The molecule has 3 aromatic rings. The van der Waals surface area contributed by atoms with E-state index in [-0.39, 0.29) is 12.3 Å². The lowest BCUT2D eigenvalue weighted by molar-refractivity contribution is 0.100. The maximum Gasteiger partial charge on any atom is 0.176 e. The van der Waals surface area contributed by atoms with E-state index >= 15 is 0 Å². The van der Waals surface area contributed by atoms with Crippen molar-refractivity contribution in [3.05, 3.63) is 59.2 Å². The van der Waals surface area contributed by atoms with E-state index in [0.29, 0.717) is 29.3 Å². The van der Waals surface area contributed by atoms with E-state index < -0.39 is 0 Å². The number of aromatic nitrogens is 1. The highest BCUT2D eigenvalue weighted by atomic mass is 16.5. The van der Waals surface area contributed by atoms with Crippen LogP contribution in [-0.4, -0.2) is 17.3 Å². The van der Waals surface area contributed by atoms with Crippen molar-refractivity contribution in [2.24, 2.45) is 5.73 Å². The first kappa shape index (κ1) is 15.6. The number of nitrogen functional groups attached to an aromatic ring is 1. The van der Waals surface area contributed by atoms with Crippen LogP contribution in [0, 0.1) is 11.3 Å². The number of hydrogen-bond acceptors (Lipinski definition) is 5. The maximum absolute atomic E-state index is 11.6. The Labute approximate surface area is 138 Å². The minimum Gasteiger partial charge on any atom is -0.489 e. The van der Waals surface area contributed by atoms with Gasteiger partial charge in [-0.1, -0.05) is 18.2 Å². The van der Waals surface area contributed by atoms with Crippen LogP contribution in [-0.2, 0) is 6.61 Å². The zero-order valence-electron chi connectivity index (χ0n) is 12.9. The van der Waals surface area contributed by atoms with Gasteiger partial charge in [-0.3, -0.25) is 4.79 Å². The first-order chi connectivity index (χ1) is 11.6. The molecule has 6 nitrogen and oxygen atoms in total. The number of Topliss-reactive ketones (excluding diaryl/α,β-unsaturated/α-hetero) is 1. The molecule has 0 unspecified atom stereocenters. The second-order valence-corrected chi connectivity index (χ2v) is 5.35. The number of ketones is 1. The number of H-pyrrole nitrogens is 1. The molecule has 5 N–H and O–H groups in total. The zero-order valence-corrected chi connectivity index (χ0v) is 12.9. The number of benzene rings is 2. The van der Waals surface area contributed by atoms with Crippen molar-refractivity contribution in [3.8, 4) is 11.8 Å². The lowest BCUT2D eigenvalue weighted by atomic mass is 10.1. The highest BCUT2D eigenvalue weighted by Gasteiger charge is 2.10. The summed E-state index contributed by atoms with van der Waals surface area (Å²) in [6.45, 7) is 0.284. The molecule has 2 aromatic carbocycles. The number of nitriles is 1. The van der Waals surface area contributed by atoms with Gasteiger partial charge in [-0.25, -0.2) is 0 Å². The number of hydrogen-bond donors (Lipinski definition) is 3. The Morgan fingerprint density at radius 2 is 2.08 bits per heavy atom. The minimum absolute atomic E-state index is 0.0210. The lowest BCUT2D eigenvalue weighted by Crippen LogP contribution is -2.13. The molecule has 0 aliphatic heterocycles. The summed E-state index contributed by atoms with van der Waals surface area (Å²) >= 11 is 0. The highest BCUT2D eigenvalue weighted by Crippen LogP contribution is 2.27. The summed E-state index contributed by atoms with van der Waals surface area (Å²) < 4.78 is 5.77. The van der Waals surface area contributed by atoms with Crippen LogP contribution in [0.5, 0.6) is 5.75 Å². The van der Waals surface area contributed by atoms with Gasteiger partial charge in [0.25, 0.3) is 0 Å². The van der Waals surface area contributed by atoms with Gasteiger partial charge in [-0.15, -0.1) is 0 Å². The van der Waals surface area contributed by atoms with Gasteiger partial charge in [0, 0.05) is 16.5 Å². The second kappa shape index (κ2) is 6.44. The number of nitrogens with one attached hydrogen (secondary N) is 1. The number of fused-ring (bicyclic) bond motifs is 1. The van der Waals surface area contributed by atoms with Crippen LogP contribution in [0.3, 0.4) is 0 Å². The molecule has 0 aliphatic rings. The maximum atomic E-state index is 11.6. The van der Waals surface area contributed by atoms with Gasteiger partial charge in [-0.2, -0.15) is 5.26 Å². The first-order valence-corrected chi connectivity index (χ1v) is 7.38. The number of aromatic amines is 1. The fourth-order valence-corrected chi connectivity index (χ4v) is 2.52. The summed E-state index contributed by atoms with van der Waals surface area (Å²) in [5.41, 5.74) is 13.8. The SMILES string of the molecule is N#Cc1c(N)[nH]c2ccc(OCc3cccc(C(=O)CN)c3)cc12. The van der Waals surface area contributed by atoms with E-state index in [4.69, 9.17) is 16.2 Å². The Bertz CT molecular complexity index is 953. The normalized spacial score (nSPS) is 10.5. The van der Waals surface area contributed by atoms with E-state index in [9.17, 15) is 10.1 Å². The average molecular weight is 320 g/mol. The average Bonchev–Trinajstić information content (AvgIpc) is 2.93. The van der Waals surface area contributed by atoms with Crippen LogP contribution in [0.25, 0.3) is 10.9 Å². The quantitative estimate of drug-likeness (QED) is 0.624. The third kappa shape index (κ3) is 2.93. The summed E-state index contributed by atoms with van der Waals surface area (Å²) in [5.74, 6) is 0.853. The van der Waals surface area contributed by atoms with E-state index in [1.165, 1.54) is 0 Å². The third-order valence-corrected chi connectivity index (χ3v) is 3.75. The fourth-order valence-electron chi connectivity index (χ4n) is 2.52. The number of carbonyl (C=O) groups excluding carboxylic acids is 1. The summed E-state index contributed by atoms with van der Waals surface area (Å²) in [4.78, 5) is 14.6. The molecule has 1 heterocycles. The number of nitrogens with zero attached hydrogens (tertiary/aromatic N) is 1. The molecule has 6 heteroatoms. The molecule has 0 aliphatic carbocycles. The van der Waals surface area contributed by atoms with Crippen molar-refractivity contribution in [2.45, 2.75) is 6.61 Å². The second-order valence-electron chi connectivity index (χ2n) is 5.35. The Balaban J connectivity index is 1.81. The zero-order chi connectivity index (χ0) is 17.1. The number of nitrogens with two attached hydrogens (primary N) is 2. The molecular formula is C18H16N4O2. The number of anilines is 1. The van der Waals surface area contributed by atoms with Crippen LogP contribution in [0.2, 0.25) is 0 Å². The first-order valence-electron chi connectivity index (χ1n) is 7.38. The fraction of sp³-hybridized carbons (Fsp3) is 0.111. The van der Waals surface area contributed by atoms with Gasteiger partial charge < -0.3 is 21.2 Å². The molecule has 0 saturated carbocycles. The summed E-state index contributed by atoms with van der Waals surface area (Å²) in [6.07, 6.45) is 0. The van der Waals surface area contributed by atoms with Crippen molar-refractivity contribution < 1.29 is 9.53 Å². The van der Waals surface area contributed by atoms with Crippen molar-refractivity contribution in [3.63, 3.8) is 0 Å². The van der Waals surface area contributed by atoms with E-state index in [1.807, 2.05) is 12.1 Å². The van der Waals surface area contributed by atoms with Crippen molar-refractivity contribution in [1.82, 2.24) is 4.98 Å². The molecule has 3 rings (SSSR count). The number of carbonyl (C=O) groups is 1. The molecule has 120 valence electrons. The van der Waals surface area contributed by atoms with Gasteiger partial charge in [-0.05, 0) is 29.8 Å². The van der Waals surface area contributed by atoms with Crippen LogP contribution in [0.4, 0.5) is 5.82 Å². The van der Waals surface area contributed by atoms with Crippen molar-refractivity contribution in [2.75, 3.05) is 12.3 Å². The smallest absolute Gasteiger partial charge is 0.176 e. The summed E-state index contributed by atoms with van der Waals surface area (Å²) in [6, 6.07) is 14.6. The predicted molar refractivity (Wildman–Crippen MR) is 91.6 cm³/mol. The third-order valence-electron chi connectivity index (χ3n) is 3.75. The molecule has 24 heavy (non-hydrogen) atoms.